The van der Waals surface area contributed by atoms with Crippen LogP contribution in [0.1, 0.15) is 6.42 Å². The minimum absolute atomic E-state index is 0.214. The lowest BCUT2D eigenvalue weighted by atomic mass is 10.1. The molecule has 3 aromatic heterocycles. The van der Waals surface area contributed by atoms with E-state index in [9.17, 15) is 5.11 Å². The fourth-order valence-corrected chi connectivity index (χ4v) is 3.66. The minimum atomic E-state index is -0.280. The normalized spacial score (nSPS) is 20.3. The number of aliphatic hydroxyl groups excluding tert-OH is 1. The third-order valence-corrected chi connectivity index (χ3v) is 4.93. The van der Waals surface area contributed by atoms with E-state index in [1.807, 2.05) is 35.1 Å². The zero-order valence-electron chi connectivity index (χ0n) is 14.1. The summed E-state index contributed by atoms with van der Waals surface area (Å²) in [6, 6.07) is 8.15. The summed E-state index contributed by atoms with van der Waals surface area (Å²) in [6.45, 7) is 1.33. The summed E-state index contributed by atoms with van der Waals surface area (Å²) in [5, 5.41) is 26.6. The summed E-state index contributed by atoms with van der Waals surface area (Å²) in [5.74, 6) is 0.470. The maximum absolute atomic E-state index is 9.68. The van der Waals surface area contributed by atoms with Crippen LogP contribution in [-0.2, 0) is 6.54 Å². The number of fused-ring (bicyclic) bond motifs is 3. The van der Waals surface area contributed by atoms with E-state index >= 15 is 0 Å². The number of nitrogens with one attached hydrogen (secondary N) is 2. The predicted octanol–water partition coefficient (Wildman–Crippen LogP) is 1.28. The van der Waals surface area contributed by atoms with Crippen molar-refractivity contribution in [1.82, 2.24) is 30.3 Å². The van der Waals surface area contributed by atoms with Crippen molar-refractivity contribution in [2.45, 2.75) is 25.1 Å². The van der Waals surface area contributed by atoms with Crippen molar-refractivity contribution in [2.24, 2.45) is 0 Å². The molecule has 8 heteroatoms. The van der Waals surface area contributed by atoms with Gasteiger partial charge in [-0.3, -0.25) is 9.78 Å². The van der Waals surface area contributed by atoms with Crippen molar-refractivity contribution < 1.29 is 5.11 Å². The number of benzene rings is 1. The van der Waals surface area contributed by atoms with Gasteiger partial charge in [0.05, 0.1) is 29.2 Å². The second-order valence-electron chi connectivity index (χ2n) is 6.80. The van der Waals surface area contributed by atoms with Crippen molar-refractivity contribution in [3.63, 3.8) is 0 Å². The number of anilines is 1. The summed E-state index contributed by atoms with van der Waals surface area (Å²) >= 11 is 0. The Kier molecular flexibility index (Phi) is 3.41. The molecule has 1 aromatic carbocycles. The number of aliphatic hydroxyl groups is 1. The fourth-order valence-electron chi connectivity index (χ4n) is 3.66. The Morgan fingerprint density at radius 1 is 1.27 bits per heavy atom. The SMILES string of the molecule is Nc1nc2cc(-c3cc[nH]n3)ccc2c2nn(C[C@@H]3C[C@H](O)CN3)cc12. The minimum Gasteiger partial charge on any atom is -0.392 e. The van der Waals surface area contributed by atoms with Crippen molar-refractivity contribution in [2.75, 3.05) is 12.3 Å². The van der Waals surface area contributed by atoms with E-state index < -0.39 is 0 Å². The summed E-state index contributed by atoms with van der Waals surface area (Å²) in [6.07, 6.45) is 4.18. The van der Waals surface area contributed by atoms with E-state index in [2.05, 4.69) is 20.5 Å². The Morgan fingerprint density at radius 3 is 2.96 bits per heavy atom. The smallest absolute Gasteiger partial charge is 0.135 e. The largest absolute Gasteiger partial charge is 0.392 e. The predicted molar refractivity (Wildman–Crippen MR) is 99.4 cm³/mol. The third kappa shape index (κ3) is 2.51. The molecule has 0 amide bonds. The van der Waals surface area contributed by atoms with Gasteiger partial charge in [0.15, 0.2) is 0 Å². The molecule has 4 aromatic rings. The van der Waals surface area contributed by atoms with E-state index in [1.165, 1.54) is 0 Å². The van der Waals surface area contributed by atoms with Gasteiger partial charge in [0, 0.05) is 35.9 Å². The van der Waals surface area contributed by atoms with Gasteiger partial charge in [-0.15, -0.1) is 0 Å². The number of aromatic amines is 1. The van der Waals surface area contributed by atoms with E-state index in [4.69, 9.17) is 10.8 Å². The van der Waals surface area contributed by atoms with Crippen molar-refractivity contribution >= 4 is 27.6 Å². The lowest BCUT2D eigenvalue weighted by Gasteiger charge is -2.09. The molecule has 0 spiro atoms. The molecular formula is C18H19N7O. The Bertz CT molecular complexity index is 1090. The topological polar surface area (TPSA) is 118 Å². The summed E-state index contributed by atoms with van der Waals surface area (Å²) in [4.78, 5) is 4.56. The van der Waals surface area contributed by atoms with Crippen LogP contribution in [0.25, 0.3) is 33.1 Å². The van der Waals surface area contributed by atoms with Crippen LogP contribution in [0.5, 0.6) is 0 Å². The Morgan fingerprint density at radius 2 is 2.19 bits per heavy atom. The number of aromatic nitrogens is 5. The van der Waals surface area contributed by atoms with Gasteiger partial charge in [0.1, 0.15) is 11.3 Å². The maximum Gasteiger partial charge on any atom is 0.135 e. The molecule has 0 radical (unpaired) electrons. The highest BCUT2D eigenvalue weighted by atomic mass is 16.3. The molecule has 5 rings (SSSR count). The molecular weight excluding hydrogens is 330 g/mol. The number of β-amino-alcohol motifs (C(OH)–C–C–N with tert-alkyl or cyclic N) is 1. The van der Waals surface area contributed by atoms with Gasteiger partial charge in [-0.2, -0.15) is 10.2 Å². The molecule has 1 saturated heterocycles. The highest BCUT2D eigenvalue weighted by Gasteiger charge is 2.23. The molecule has 0 bridgehead atoms. The van der Waals surface area contributed by atoms with Crippen LogP contribution in [0.15, 0.2) is 36.7 Å². The number of hydrogen-bond acceptors (Lipinski definition) is 6. The van der Waals surface area contributed by atoms with Crippen LogP contribution >= 0.6 is 0 Å². The molecule has 0 unspecified atom stereocenters. The summed E-state index contributed by atoms with van der Waals surface area (Å²) in [5.41, 5.74) is 9.69. The van der Waals surface area contributed by atoms with E-state index in [1.54, 1.807) is 6.20 Å². The highest BCUT2D eigenvalue weighted by Crippen LogP contribution is 2.30. The molecule has 1 fully saturated rings. The van der Waals surface area contributed by atoms with Gasteiger partial charge >= 0.3 is 0 Å². The van der Waals surface area contributed by atoms with Crippen LogP contribution in [0, 0.1) is 0 Å². The number of H-pyrrole nitrogens is 1. The van der Waals surface area contributed by atoms with Crippen LogP contribution < -0.4 is 11.1 Å². The quantitative estimate of drug-likeness (QED) is 0.442. The maximum atomic E-state index is 9.68. The number of hydrogen-bond donors (Lipinski definition) is 4. The number of nitrogen functional groups attached to an aromatic ring is 1. The second-order valence-corrected chi connectivity index (χ2v) is 6.80. The first kappa shape index (κ1) is 15.3. The lowest BCUT2D eigenvalue weighted by molar-refractivity contribution is 0.192. The molecule has 8 nitrogen and oxygen atoms in total. The summed E-state index contributed by atoms with van der Waals surface area (Å²) < 4.78 is 1.89. The highest BCUT2D eigenvalue weighted by molar-refractivity contribution is 6.08. The molecule has 132 valence electrons. The van der Waals surface area contributed by atoms with E-state index in [-0.39, 0.29) is 12.1 Å². The Labute approximate surface area is 149 Å². The molecule has 0 saturated carbocycles. The van der Waals surface area contributed by atoms with Crippen LogP contribution in [-0.4, -0.2) is 48.8 Å². The molecule has 26 heavy (non-hydrogen) atoms. The first-order valence-corrected chi connectivity index (χ1v) is 8.65. The average molecular weight is 349 g/mol. The summed E-state index contributed by atoms with van der Waals surface area (Å²) in [7, 11) is 0. The fraction of sp³-hybridized carbons (Fsp3) is 0.278. The number of pyridine rings is 1. The number of nitrogens with zero attached hydrogens (tertiary/aromatic N) is 4. The van der Waals surface area contributed by atoms with E-state index in [0.717, 1.165) is 39.5 Å². The van der Waals surface area contributed by atoms with E-state index in [0.29, 0.717) is 18.9 Å². The third-order valence-electron chi connectivity index (χ3n) is 4.93. The van der Waals surface area contributed by atoms with Gasteiger partial charge in [0.25, 0.3) is 0 Å². The van der Waals surface area contributed by atoms with Gasteiger partial charge in [-0.1, -0.05) is 6.07 Å². The Hall–Kier alpha value is -2.97. The van der Waals surface area contributed by atoms with Crippen LogP contribution in [0.3, 0.4) is 0 Å². The molecule has 5 N–H and O–H groups in total. The monoisotopic (exact) mass is 349 g/mol. The molecule has 4 heterocycles. The zero-order chi connectivity index (χ0) is 17.7. The van der Waals surface area contributed by atoms with Crippen LogP contribution in [0.4, 0.5) is 5.82 Å². The second kappa shape index (κ2) is 5.79. The van der Waals surface area contributed by atoms with Crippen molar-refractivity contribution in [1.29, 1.82) is 0 Å². The number of nitrogens with two attached hydrogens (primary N) is 1. The molecule has 1 aliphatic rings. The molecule has 1 aliphatic heterocycles. The lowest BCUT2D eigenvalue weighted by Crippen LogP contribution is -2.26. The first-order chi connectivity index (χ1) is 12.7. The molecule has 2 atom stereocenters. The molecule has 0 aliphatic carbocycles. The zero-order valence-corrected chi connectivity index (χ0v) is 14.1. The van der Waals surface area contributed by atoms with Gasteiger partial charge in [0.2, 0.25) is 0 Å². The standard InChI is InChI=1S/C18H19N7O/c19-18-14-9-25(8-11-6-12(26)7-20-11)24-17(14)13-2-1-10(5-16(13)22-18)15-3-4-21-23-15/h1-5,9,11-12,20,26H,6-8H2,(H2,19,22)(H,21,23)/t11-,12-/m0/s1. The van der Waals surface area contributed by atoms with Gasteiger partial charge in [-0.25, -0.2) is 4.98 Å². The van der Waals surface area contributed by atoms with Gasteiger partial charge in [-0.05, 0) is 24.6 Å². The van der Waals surface area contributed by atoms with Gasteiger partial charge < -0.3 is 16.2 Å². The van der Waals surface area contributed by atoms with Crippen molar-refractivity contribution in [3.05, 3.63) is 36.7 Å². The Balaban J connectivity index is 1.58. The average Bonchev–Trinajstić information content (AvgIpc) is 3.36. The first-order valence-electron chi connectivity index (χ1n) is 8.65. The number of rotatable bonds is 3. The van der Waals surface area contributed by atoms with Crippen molar-refractivity contribution in [3.8, 4) is 11.3 Å². The van der Waals surface area contributed by atoms with Crippen LogP contribution in [0.2, 0.25) is 0 Å².